The molecule has 1 rings (SSSR count). The summed E-state index contributed by atoms with van der Waals surface area (Å²) in [5, 5.41) is 9.53. The van der Waals surface area contributed by atoms with Crippen LogP contribution in [0, 0.1) is 0 Å². The largest absolute Gasteiger partial charge is 0.481 e. The molecule has 0 aliphatic rings. The molecular weight excluding hydrogens is 200 g/mol. The summed E-state index contributed by atoms with van der Waals surface area (Å²) in [5.41, 5.74) is 0. The Labute approximate surface area is 87.2 Å². The molecule has 0 aliphatic carbocycles. The van der Waals surface area contributed by atoms with Gasteiger partial charge >= 0.3 is 5.97 Å². The van der Waals surface area contributed by atoms with Crippen LogP contribution in [-0.2, 0) is 11.2 Å². The summed E-state index contributed by atoms with van der Waals surface area (Å²) in [6, 6.07) is 0. The molecule has 1 aromatic rings. The Morgan fingerprint density at radius 1 is 1.57 bits per heavy atom. The van der Waals surface area contributed by atoms with Gasteiger partial charge in [0.2, 0.25) is 0 Å². The zero-order valence-corrected chi connectivity index (χ0v) is 9.17. The second-order valence-corrected chi connectivity index (χ2v) is 3.88. The predicted octanol–water partition coefficient (Wildman–Crippen LogP) is 2.07. The second-order valence-electron chi connectivity index (χ2n) is 3.10. The fraction of sp³-hybridized carbons (Fsp3) is 0.667. The average molecular weight is 214 g/mol. The van der Waals surface area contributed by atoms with Gasteiger partial charge in [-0.15, -0.1) is 0 Å². The average Bonchev–Trinajstić information content (AvgIpc) is 2.54. The van der Waals surface area contributed by atoms with Gasteiger partial charge in [0.1, 0.15) is 16.7 Å². The molecule has 1 unspecified atom stereocenters. The van der Waals surface area contributed by atoms with Crippen LogP contribution in [0.25, 0.3) is 0 Å². The maximum absolute atomic E-state index is 10.8. The Kier molecular flexibility index (Phi) is 4.00. The fourth-order valence-electron chi connectivity index (χ4n) is 1.19. The van der Waals surface area contributed by atoms with E-state index in [0.29, 0.717) is 11.4 Å². The van der Waals surface area contributed by atoms with E-state index >= 15 is 0 Å². The zero-order chi connectivity index (χ0) is 10.6. The van der Waals surface area contributed by atoms with Gasteiger partial charge in [0, 0.05) is 6.42 Å². The van der Waals surface area contributed by atoms with Gasteiger partial charge in [0.05, 0.1) is 0 Å². The van der Waals surface area contributed by atoms with Crippen LogP contribution in [0.2, 0.25) is 0 Å². The molecule has 0 aromatic carbocycles. The third kappa shape index (κ3) is 2.51. The van der Waals surface area contributed by atoms with E-state index < -0.39 is 11.9 Å². The number of hydrogen-bond acceptors (Lipinski definition) is 4. The number of nitrogens with zero attached hydrogens (tertiary/aromatic N) is 2. The lowest BCUT2D eigenvalue weighted by atomic mass is 10.1. The molecular formula is C9H14N2O2S. The van der Waals surface area contributed by atoms with Crippen LogP contribution in [-0.4, -0.2) is 20.4 Å². The summed E-state index contributed by atoms with van der Waals surface area (Å²) >= 11 is 1.21. The Hall–Kier alpha value is -0.970. The first kappa shape index (κ1) is 11.1. The molecule has 0 radical (unpaired) electrons. The molecule has 5 heteroatoms. The first-order chi connectivity index (χ1) is 6.69. The van der Waals surface area contributed by atoms with Crippen LogP contribution in [0.3, 0.4) is 0 Å². The molecule has 78 valence electrons. The van der Waals surface area contributed by atoms with E-state index in [1.807, 2.05) is 6.92 Å². The predicted molar refractivity (Wildman–Crippen MR) is 54.6 cm³/mol. The number of hydrogen-bond donors (Lipinski definition) is 1. The quantitative estimate of drug-likeness (QED) is 0.815. The minimum Gasteiger partial charge on any atom is -0.481 e. The lowest BCUT2D eigenvalue weighted by molar-refractivity contribution is -0.138. The molecule has 0 fully saturated rings. The highest BCUT2D eigenvalue weighted by atomic mass is 32.1. The van der Waals surface area contributed by atoms with Gasteiger partial charge in [-0.05, 0) is 24.4 Å². The van der Waals surface area contributed by atoms with E-state index in [1.54, 1.807) is 0 Å². The van der Waals surface area contributed by atoms with Crippen LogP contribution in [0.4, 0.5) is 0 Å². The summed E-state index contributed by atoms with van der Waals surface area (Å²) in [7, 11) is 0. The van der Waals surface area contributed by atoms with Gasteiger partial charge in [0.15, 0.2) is 0 Å². The van der Waals surface area contributed by atoms with E-state index in [0.717, 1.165) is 18.7 Å². The van der Waals surface area contributed by atoms with Gasteiger partial charge in [-0.1, -0.05) is 13.8 Å². The third-order valence-corrected chi connectivity index (χ3v) is 2.83. The highest BCUT2D eigenvalue weighted by molar-refractivity contribution is 7.05. The summed E-state index contributed by atoms with van der Waals surface area (Å²) < 4.78 is 4.12. The van der Waals surface area contributed by atoms with Gasteiger partial charge in [0.25, 0.3) is 0 Å². The number of carboxylic acid groups (broad SMARTS) is 1. The molecule has 1 atom stereocenters. The Morgan fingerprint density at radius 2 is 2.29 bits per heavy atom. The number of carboxylic acids is 1. The monoisotopic (exact) mass is 214 g/mol. The van der Waals surface area contributed by atoms with E-state index in [1.165, 1.54) is 11.5 Å². The molecule has 4 nitrogen and oxygen atoms in total. The maximum Gasteiger partial charge on any atom is 0.313 e. The van der Waals surface area contributed by atoms with Crippen molar-refractivity contribution in [2.45, 2.75) is 39.0 Å². The molecule has 0 bridgehead atoms. The Morgan fingerprint density at radius 3 is 2.79 bits per heavy atom. The molecule has 0 spiro atoms. The third-order valence-electron chi connectivity index (χ3n) is 1.96. The standard InChI is InChI=1S/C9H14N2O2S/c1-3-5-7-10-8(14-11-7)6(4-2)9(12)13/h6H,3-5H2,1-2H3,(H,12,13). The molecule has 1 aromatic heterocycles. The maximum atomic E-state index is 10.8. The van der Waals surface area contributed by atoms with Crippen LogP contribution >= 0.6 is 11.5 Å². The van der Waals surface area contributed by atoms with Crippen LogP contribution in [0.5, 0.6) is 0 Å². The molecule has 14 heavy (non-hydrogen) atoms. The van der Waals surface area contributed by atoms with E-state index in [2.05, 4.69) is 16.3 Å². The summed E-state index contributed by atoms with van der Waals surface area (Å²) in [5.74, 6) is -0.531. The van der Waals surface area contributed by atoms with E-state index in [-0.39, 0.29) is 0 Å². The van der Waals surface area contributed by atoms with Crippen molar-refractivity contribution in [1.82, 2.24) is 9.36 Å². The van der Waals surface area contributed by atoms with Gasteiger partial charge in [-0.2, -0.15) is 4.37 Å². The minimum atomic E-state index is -0.813. The first-order valence-corrected chi connectivity index (χ1v) is 5.51. The van der Waals surface area contributed by atoms with Crippen molar-refractivity contribution >= 4 is 17.5 Å². The van der Waals surface area contributed by atoms with E-state index in [4.69, 9.17) is 5.11 Å². The lowest BCUT2D eigenvalue weighted by Crippen LogP contribution is -2.10. The normalized spacial score (nSPS) is 12.7. The zero-order valence-electron chi connectivity index (χ0n) is 8.36. The van der Waals surface area contributed by atoms with Crippen molar-refractivity contribution in [3.05, 3.63) is 10.8 Å². The number of aromatic nitrogens is 2. The molecule has 0 saturated carbocycles. The van der Waals surface area contributed by atoms with Crippen molar-refractivity contribution in [3.8, 4) is 0 Å². The van der Waals surface area contributed by atoms with Crippen molar-refractivity contribution in [1.29, 1.82) is 0 Å². The number of aliphatic carboxylic acids is 1. The van der Waals surface area contributed by atoms with E-state index in [9.17, 15) is 4.79 Å². The smallest absolute Gasteiger partial charge is 0.313 e. The van der Waals surface area contributed by atoms with Crippen molar-refractivity contribution in [3.63, 3.8) is 0 Å². The van der Waals surface area contributed by atoms with Gasteiger partial charge in [-0.25, -0.2) is 4.98 Å². The minimum absolute atomic E-state index is 0.488. The van der Waals surface area contributed by atoms with Gasteiger partial charge < -0.3 is 5.11 Å². The summed E-state index contributed by atoms with van der Waals surface area (Å²) in [6.45, 7) is 3.90. The Balaban J connectivity index is 2.78. The second kappa shape index (κ2) is 5.05. The van der Waals surface area contributed by atoms with Crippen LogP contribution in [0.1, 0.15) is 43.4 Å². The number of rotatable bonds is 5. The molecule has 1 N–H and O–H groups in total. The molecule has 1 heterocycles. The van der Waals surface area contributed by atoms with Crippen LogP contribution < -0.4 is 0 Å². The topological polar surface area (TPSA) is 63.1 Å². The van der Waals surface area contributed by atoms with Crippen molar-refractivity contribution in [2.24, 2.45) is 0 Å². The summed E-state index contributed by atoms with van der Waals surface area (Å²) in [4.78, 5) is 15.1. The fourth-order valence-corrected chi connectivity index (χ4v) is 2.06. The number of aryl methyl sites for hydroxylation is 1. The first-order valence-electron chi connectivity index (χ1n) is 4.74. The molecule has 0 saturated heterocycles. The highest BCUT2D eigenvalue weighted by Crippen LogP contribution is 2.21. The molecule has 0 amide bonds. The van der Waals surface area contributed by atoms with Gasteiger partial charge in [-0.3, -0.25) is 4.79 Å². The SMILES string of the molecule is CCCc1nsc(C(CC)C(=O)O)n1. The Bertz CT molecular complexity index is 312. The highest BCUT2D eigenvalue weighted by Gasteiger charge is 2.21. The summed E-state index contributed by atoms with van der Waals surface area (Å²) in [6.07, 6.45) is 2.38. The number of carbonyl (C=O) groups is 1. The lowest BCUT2D eigenvalue weighted by Gasteiger charge is -2.03. The van der Waals surface area contributed by atoms with Crippen molar-refractivity contribution in [2.75, 3.05) is 0 Å². The molecule has 0 aliphatic heterocycles. The van der Waals surface area contributed by atoms with Crippen molar-refractivity contribution < 1.29 is 9.90 Å². The van der Waals surface area contributed by atoms with Crippen LogP contribution in [0.15, 0.2) is 0 Å².